The molecule has 0 radical (unpaired) electrons. The van der Waals surface area contributed by atoms with Gasteiger partial charge in [-0.15, -0.1) is 11.3 Å². The summed E-state index contributed by atoms with van der Waals surface area (Å²) in [6.45, 7) is 1.91. The van der Waals surface area contributed by atoms with Crippen molar-refractivity contribution < 1.29 is 9.90 Å². The van der Waals surface area contributed by atoms with Crippen LogP contribution in [0.4, 0.5) is 0 Å². The van der Waals surface area contributed by atoms with Crippen LogP contribution in [0.3, 0.4) is 0 Å². The number of carbonyl (C=O) groups is 1. The molecule has 1 amide bonds. The summed E-state index contributed by atoms with van der Waals surface area (Å²) in [6.07, 6.45) is 4.76. The number of fused-ring (bicyclic) bond motifs is 1. The normalized spacial score (nSPS) is 26.4. The molecule has 1 aromatic rings. The van der Waals surface area contributed by atoms with E-state index in [4.69, 9.17) is 0 Å². The molecule has 110 valence electrons. The Morgan fingerprint density at radius 1 is 1.45 bits per heavy atom. The fraction of sp³-hybridized carbons (Fsp3) is 0.667. The summed E-state index contributed by atoms with van der Waals surface area (Å²) in [5.41, 5.74) is 1.30. The predicted octanol–water partition coefficient (Wildman–Crippen LogP) is 1.53. The van der Waals surface area contributed by atoms with E-state index in [-0.39, 0.29) is 18.1 Å². The summed E-state index contributed by atoms with van der Waals surface area (Å²) in [6, 6.07) is 2.21. The third kappa shape index (κ3) is 3.05. The highest BCUT2D eigenvalue weighted by Crippen LogP contribution is 2.24. The Labute approximate surface area is 123 Å². The Balaban J connectivity index is 1.50. The van der Waals surface area contributed by atoms with Gasteiger partial charge in [0.15, 0.2) is 0 Å². The van der Waals surface area contributed by atoms with Crippen molar-refractivity contribution in [2.45, 2.75) is 50.8 Å². The van der Waals surface area contributed by atoms with Gasteiger partial charge in [-0.3, -0.25) is 4.79 Å². The van der Waals surface area contributed by atoms with Crippen molar-refractivity contribution in [3.63, 3.8) is 0 Å². The van der Waals surface area contributed by atoms with E-state index >= 15 is 0 Å². The van der Waals surface area contributed by atoms with E-state index < -0.39 is 0 Å². The molecule has 2 N–H and O–H groups in total. The van der Waals surface area contributed by atoms with E-state index in [1.165, 1.54) is 10.4 Å². The maximum Gasteiger partial charge on any atom is 0.236 e. The average Bonchev–Trinajstić information content (AvgIpc) is 2.93. The van der Waals surface area contributed by atoms with Crippen molar-refractivity contribution >= 4 is 17.2 Å². The third-order valence-corrected chi connectivity index (χ3v) is 5.43. The minimum Gasteiger partial charge on any atom is -0.392 e. The van der Waals surface area contributed by atoms with Crippen molar-refractivity contribution in [3.8, 4) is 0 Å². The summed E-state index contributed by atoms with van der Waals surface area (Å²) in [5, 5.41) is 15.3. The fourth-order valence-electron chi connectivity index (χ4n) is 3.14. The molecule has 1 aromatic heterocycles. The van der Waals surface area contributed by atoms with Crippen molar-refractivity contribution in [3.05, 3.63) is 21.9 Å². The average molecular weight is 294 g/mol. The molecule has 0 saturated heterocycles. The highest BCUT2D eigenvalue weighted by molar-refractivity contribution is 7.10. The molecule has 2 heterocycles. The van der Waals surface area contributed by atoms with Gasteiger partial charge >= 0.3 is 0 Å². The first-order valence-corrected chi connectivity index (χ1v) is 8.36. The van der Waals surface area contributed by atoms with Crippen molar-refractivity contribution in [1.29, 1.82) is 0 Å². The van der Waals surface area contributed by atoms with Crippen LogP contribution in [0.25, 0.3) is 0 Å². The Morgan fingerprint density at radius 3 is 3.15 bits per heavy atom. The molecule has 5 heteroatoms. The van der Waals surface area contributed by atoms with Gasteiger partial charge in [-0.05, 0) is 36.3 Å². The monoisotopic (exact) mass is 294 g/mol. The largest absolute Gasteiger partial charge is 0.392 e. The van der Waals surface area contributed by atoms with Gasteiger partial charge in [-0.25, -0.2) is 0 Å². The molecular weight excluding hydrogens is 272 g/mol. The fourth-order valence-corrected chi connectivity index (χ4v) is 4.03. The maximum atomic E-state index is 12.3. The highest BCUT2D eigenvalue weighted by atomic mass is 32.1. The summed E-state index contributed by atoms with van der Waals surface area (Å²) >= 11 is 1.79. The molecule has 3 rings (SSSR count). The highest BCUT2D eigenvalue weighted by Gasteiger charge is 2.25. The molecule has 20 heavy (non-hydrogen) atoms. The number of hydrogen-bond acceptors (Lipinski definition) is 4. The van der Waals surface area contributed by atoms with Crippen LogP contribution in [0.5, 0.6) is 0 Å². The molecule has 1 aliphatic heterocycles. The summed E-state index contributed by atoms with van der Waals surface area (Å²) in [7, 11) is 0. The quantitative estimate of drug-likeness (QED) is 0.889. The van der Waals surface area contributed by atoms with E-state index in [0.717, 1.165) is 45.2 Å². The second kappa shape index (κ2) is 6.24. The minimum atomic E-state index is -0.290. The van der Waals surface area contributed by atoms with Crippen molar-refractivity contribution in [1.82, 2.24) is 10.2 Å². The third-order valence-electron chi connectivity index (χ3n) is 4.41. The van der Waals surface area contributed by atoms with E-state index in [1.54, 1.807) is 11.3 Å². The number of rotatable bonds is 3. The number of aliphatic hydroxyl groups excluding tert-OH is 1. The number of aliphatic hydroxyl groups is 1. The first-order valence-electron chi connectivity index (χ1n) is 7.48. The lowest BCUT2D eigenvalue weighted by atomic mass is 9.92. The number of nitrogens with zero attached hydrogens (tertiary/aromatic N) is 1. The minimum absolute atomic E-state index is 0.0919. The summed E-state index contributed by atoms with van der Waals surface area (Å²) in [5.74, 6) is 0.152. The van der Waals surface area contributed by atoms with Gasteiger partial charge in [-0.2, -0.15) is 0 Å². The van der Waals surface area contributed by atoms with Gasteiger partial charge in [0, 0.05) is 24.0 Å². The van der Waals surface area contributed by atoms with Crippen LogP contribution in [0.2, 0.25) is 0 Å². The van der Waals surface area contributed by atoms with Gasteiger partial charge in [0.1, 0.15) is 0 Å². The number of amides is 1. The molecule has 1 fully saturated rings. The van der Waals surface area contributed by atoms with Gasteiger partial charge in [-0.1, -0.05) is 12.8 Å². The number of hydrogen-bond donors (Lipinski definition) is 2. The van der Waals surface area contributed by atoms with E-state index in [2.05, 4.69) is 16.8 Å². The Hall–Kier alpha value is -0.910. The molecule has 1 saturated carbocycles. The molecule has 4 nitrogen and oxygen atoms in total. The van der Waals surface area contributed by atoms with Crippen LogP contribution in [0.1, 0.15) is 36.1 Å². The maximum absolute atomic E-state index is 12.3. The first kappa shape index (κ1) is 14.0. The lowest BCUT2D eigenvalue weighted by molar-refractivity contribution is -0.131. The molecular formula is C15H22N2O2S. The Morgan fingerprint density at radius 2 is 2.30 bits per heavy atom. The van der Waals surface area contributed by atoms with Crippen LogP contribution in [-0.2, 0) is 17.8 Å². The first-order chi connectivity index (χ1) is 9.74. The molecule has 2 atom stereocenters. The lowest BCUT2D eigenvalue weighted by Crippen LogP contribution is -2.48. The van der Waals surface area contributed by atoms with Crippen LogP contribution in [0.15, 0.2) is 11.4 Å². The SMILES string of the molecule is O=C(CNC1CCCCC1O)N1CCc2sccc2C1. The zero-order valence-electron chi connectivity index (χ0n) is 11.7. The van der Waals surface area contributed by atoms with Crippen LogP contribution >= 0.6 is 11.3 Å². The Bertz CT molecular complexity index is 474. The topological polar surface area (TPSA) is 52.6 Å². The van der Waals surface area contributed by atoms with E-state index in [9.17, 15) is 9.90 Å². The second-order valence-corrected chi connectivity index (χ2v) is 6.77. The predicted molar refractivity (Wildman–Crippen MR) is 79.7 cm³/mol. The zero-order valence-corrected chi connectivity index (χ0v) is 12.5. The standard InChI is InChI=1S/C15H22N2O2S/c18-13-4-2-1-3-12(13)16-9-15(19)17-7-5-14-11(10-17)6-8-20-14/h6,8,12-13,16,18H,1-5,7,9-10H2. The molecule has 2 aliphatic rings. The molecule has 0 aromatic carbocycles. The van der Waals surface area contributed by atoms with Crippen molar-refractivity contribution in [2.75, 3.05) is 13.1 Å². The van der Waals surface area contributed by atoms with Crippen LogP contribution < -0.4 is 5.32 Å². The zero-order chi connectivity index (χ0) is 13.9. The van der Waals surface area contributed by atoms with Gasteiger partial charge in [0.05, 0.1) is 12.6 Å². The van der Waals surface area contributed by atoms with Crippen LogP contribution in [0, 0.1) is 0 Å². The van der Waals surface area contributed by atoms with Crippen LogP contribution in [-0.4, -0.2) is 41.1 Å². The lowest BCUT2D eigenvalue weighted by Gasteiger charge is -2.31. The molecule has 0 bridgehead atoms. The van der Waals surface area contributed by atoms with E-state index in [0.29, 0.717) is 6.54 Å². The molecule has 2 unspecified atom stereocenters. The van der Waals surface area contributed by atoms with Gasteiger partial charge in [0.25, 0.3) is 0 Å². The number of carbonyl (C=O) groups excluding carboxylic acids is 1. The Kier molecular flexibility index (Phi) is 4.38. The van der Waals surface area contributed by atoms with Gasteiger partial charge < -0.3 is 15.3 Å². The summed E-state index contributed by atoms with van der Waals surface area (Å²) < 4.78 is 0. The smallest absolute Gasteiger partial charge is 0.236 e. The molecule has 1 aliphatic carbocycles. The van der Waals surface area contributed by atoms with Crippen molar-refractivity contribution in [2.24, 2.45) is 0 Å². The van der Waals surface area contributed by atoms with E-state index in [1.807, 2.05) is 4.90 Å². The van der Waals surface area contributed by atoms with Gasteiger partial charge in [0.2, 0.25) is 5.91 Å². The molecule has 0 spiro atoms. The number of thiophene rings is 1. The number of nitrogens with one attached hydrogen (secondary N) is 1. The second-order valence-electron chi connectivity index (χ2n) is 5.77. The summed E-state index contributed by atoms with van der Waals surface area (Å²) in [4.78, 5) is 15.6.